The van der Waals surface area contributed by atoms with Gasteiger partial charge in [0.15, 0.2) is 0 Å². The van der Waals surface area contributed by atoms with Crippen LogP contribution < -0.4 is 14.8 Å². The predicted octanol–water partition coefficient (Wildman–Crippen LogP) is 1.85. The first-order valence-corrected chi connectivity index (χ1v) is 7.18. The zero-order chi connectivity index (χ0) is 15.4. The number of nitrogens with zero attached hydrogens (tertiary/aromatic N) is 3. The number of carbonyl (C=O) groups excluding carboxylic acids is 1. The van der Waals surface area contributed by atoms with Crippen molar-refractivity contribution in [2.24, 2.45) is 0 Å². The van der Waals surface area contributed by atoms with Gasteiger partial charge in [-0.15, -0.1) is 5.10 Å². The summed E-state index contributed by atoms with van der Waals surface area (Å²) in [5, 5.41) is 15.5. The summed E-state index contributed by atoms with van der Waals surface area (Å²) in [5.41, 5.74) is 0.374. The van der Waals surface area contributed by atoms with Gasteiger partial charge in [0, 0.05) is 0 Å². The van der Waals surface area contributed by atoms with Crippen molar-refractivity contribution in [2.45, 2.75) is 20.0 Å². The van der Waals surface area contributed by atoms with Crippen LogP contribution in [0.25, 0.3) is 0 Å². The Bertz CT molecular complexity index is 630. The van der Waals surface area contributed by atoms with E-state index in [2.05, 4.69) is 48.5 Å². The molecule has 112 valence electrons. The fraction of sp³-hybridized carbons (Fsp3) is 0.333. The molecule has 0 aliphatic heterocycles. The molecular formula is C12H14IN5O3. The average molecular weight is 403 g/mol. The number of halogens is 1. The Morgan fingerprint density at radius 2 is 2.19 bits per heavy atom. The molecule has 2 N–H and O–H groups in total. The number of tetrazole rings is 1. The van der Waals surface area contributed by atoms with Crippen molar-refractivity contribution in [1.29, 1.82) is 0 Å². The highest BCUT2D eigenvalue weighted by Gasteiger charge is 2.20. The lowest BCUT2D eigenvalue weighted by molar-refractivity contribution is 0.102. The largest absolute Gasteiger partial charge is 0.496 e. The number of carbonyl (C=O) groups is 1. The van der Waals surface area contributed by atoms with Crippen LogP contribution in [-0.2, 0) is 0 Å². The van der Waals surface area contributed by atoms with Crippen molar-refractivity contribution in [1.82, 2.24) is 20.6 Å². The summed E-state index contributed by atoms with van der Waals surface area (Å²) < 4.78 is 11.7. The summed E-state index contributed by atoms with van der Waals surface area (Å²) in [5.74, 6) is 0.822. The summed E-state index contributed by atoms with van der Waals surface area (Å²) in [6.07, 6.45) is -0.0812. The van der Waals surface area contributed by atoms with Gasteiger partial charge in [0.05, 0.1) is 22.3 Å². The Kier molecular flexibility index (Phi) is 4.94. The summed E-state index contributed by atoms with van der Waals surface area (Å²) >= 11 is 2.08. The highest BCUT2D eigenvalue weighted by molar-refractivity contribution is 14.1. The first-order chi connectivity index (χ1) is 10.0. The minimum Gasteiger partial charge on any atom is -0.496 e. The van der Waals surface area contributed by atoms with Gasteiger partial charge >= 0.3 is 0 Å². The molecule has 0 aliphatic rings. The van der Waals surface area contributed by atoms with E-state index in [9.17, 15) is 4.79 Å². The van der Waals surface area contributed by atoms with E-state index in [1.807, 2.05) is 13.8 Å². The van der Waals surface area contributed by atoms with Crippen molar-refractivity contribution >= 4 is 34.4 Å². The van der Waals surface area contributed by atoms with Crippen LogP contribution in [0.1, 0.15) is 24.2 Å². The summed E-state index contributed by atoms with van der Waals surface area (Å²) in [4.78, 5) is 12.3. The summed E-state index contributed by atoms with van der Waals surface area (Å²) in [7, 11) is 1.57. The Labute approximate surface area is 134 Å². The van der Waals surface area contributed by atoms with Gasteiger partial charge in [-0.05, 0) is 53.8 Å². The SMILES string of the molecule is COc1ccc(C(=O)Nc2nn[nH]n2)c(OC(C)C)c1I. The van der Waals surface area contributed by atoms with Crippen LogP contribution >= 0.6 is 22.6 Å². The molecule has 0 bridgehead atoms. The van der Waals surface area contributed by atoms with E-state index < -0.39 is 0 Å². The number of hydrogen-bond donors (Lipinski definition) is 2. The lowest BCUT2D eigenvalue weighted by Gasteiger charge is -2.17. The number of H-pyrrole nitrogens is 1. The lowest BCUT2D eigenvalue weighted by Crippen LogP contribution is -2.17. The molecule has 0 radical (unpaired) electrons. The molecule has 0 saturated carbocycles. The van der Waals surface area contributed by atoms with Crippen LogP contribution in [0.2, 0.25) is 0 Å². The molecule has 1 heterocycles. The number of amides is 1. The molecule has 1 aromatic carbocycles. The van der Waals surface area contributed by atoms with Crippen molar-refractivity contribution in [3.8, 4) is 11.5 Å². The number of hydrogen-bond acceptors (Lipinski definition) is 6. The molecule has 0 unspecified atom stereocenters. The molecule has 0 saturated heterocycles. The fourth-order valence-electron chi connectivity index (χ4n) is 1.61. The van der Waals surface area contributed by atoms with Gasteiger partial charge in [0.1, 0.15) is 11.5 Å². The molecular weight excluding hydrogens is 389 g/mol. The number of methoxy groups -OCH3 is 1. The smallest absolute Gasteiger partial charge is 0.270 e. The van der Waals surface area contributed by atoms with Crippen molar-refractivity contribution in [3.63, 3.8) is 0 Å². The van der Waals surface area contributed by atoms with E-state index >= 15 is 0 Å². The average Bonchev–Trinajstić information content (AvgIpc) is 2.93. The molecule has 2 rings (SSSR count). The van der Waals surface area contributed by atoms with Crippen LogP contribution in [0.15, 0.2) is 12.1 Å². The van der Waals surface area contributed by atoms with Crippen molar-refractivity contribution in [3.05, 3.63) is 21.3 Å². The number of rotatable bonds is 5. The van der Waals surface area contributed by atoms with Gasteiger partial charge in [0.25, 0.3) is 11.9 Å². The fourth-order valence-corrected chi connectivity index (χ4v) is 2.43. The summed E-state index contributed by atoms with van der Waals surface area (Å²) in [6, 6.07) is 3.34. The highest BCUT2D eigenvalue weighted by Crippen LogP contribution is 2.34. The molecule has 8 nitrogen and oxygen atoms in total. The van der Waals surface area contributed by atoms with Crippen molar-refractivity contribution in [2.75, 3.05) is 12.4 Å². The third-order valence-electron chi connectivity index (χ3n) is 2.45. The van der Waals surface area contributed by atoms with Gasteiger partial charge < -0.3 is 9.47 Å². The molecule has 1 amide bonds. The van der Waals surface area contributed by atoms with Gasteiger partial charge in [0.2, 0.25) is 0 Å². The van der Waals surface area contributed by atoms with Gasteiger partial charge in [-0.25, -0.2) is 0 Å². The standard InChI is InChI=1S/C12H14IN5O3/c1-6(2)21-10-7(4-5-8(20-3)9(10)13)11(19)14-12-15-17-18-16-12/h4-6H,1-3H3,(H2,14,15,16,17,18,19). The third kappa shape index (κ3) is 3.60. The van der Waals surface area contributed by atoms with E-state index in [0.717, 1.165) is 3.57 Å². The van der Waals surface area contributed by atoms with E-state index in [1.165, 1.54) is 0 Å². The molecule has 1 aromatic heterocycles. The minimum atomic E-state index is -0.382. The van der Waals surface area contributed by atoms with Gasteiger partial charge in [-0.3, -0.25) is 10.1 Å². The van der Waals surface area contributed by atoms with E-state index in [0.29, 0.717) is 17.1 Å². The Balaban J connectivity index is 2.37. The normalized spacial score (nSPS) is 10.5. The van der Waals surface area contributed by atoms with Crippen molar-refractivity contribution < 1.29 is 14.3 Å². The molecule has 0 fully saturated rings. The second-order valence-electron chi connectivity index (χ2n) is 4.31. The van der Waals surface area contributed by atoms with Crippen LogP contribution in [0.3, 0.4) is 0 Å². The van der Waals surface area contributed by atoms with Gasteiger partial charge in [-0.2, -0.15) is 5.21 Å². The Hall–Kier alpha value is -1.91. The predicted molar refractivity (Wildman–Crippen MR) is 83.6 cm³/mol. The van der Waals surface area contributed by atoms with E-state index in [1.54, 1.807) is 19.2 Å². The van der Waals surface area contributed by atoms with Crippen LogP contribution in [0.5, 0.6) is 11.5 Å². The highest BCUT2D eigenvalue weighted by atomic mass is 127. The second-order valence-corrected chi connectivity index (χ2v) is 5.39. The number of nitrogens with one attached hydrogen (secondary N) is 2. The number of ether oxygens (including phenoxy) is 2. The Morgan fingerprint density at radius 1 is 1.43 bits per heavy atom. The molecule has 21 heavy (non-hydrogen) atoms. The number of anilines is 1. The maximum Gasteiger partial charge on any atom is 0.270 e. The molecule has 0 aliphatic carbocycles. The molecule has 9 heteroatoms. The van der Waals surface area contributed by atoms with E-state index in [4.69, 9.17) is 9.47 Å². The maximum atomic E-state index is 12.3. The number of aromatic amines is 1. The van der Waals surface area contributed by atoms with E-state index in [-0.39, 0.29) is 18.0 Å². The number of benzene rings is 1. The monoisotopic (exact) mass is 403 g/mol. The van der Waals surface area contributed by atoms with Crippen LogP contribution in [0, 0.1) is 3.57 Å². The first kappa shape index (κ1) is 15.5. The lowest BCUT2D eigenvalue weighted by atomic mass is 10.1. The quantitative estimate of drug-likeness (QED) is 0.739. The van der Waals surface area contributed by atoms with Crippen LogP contribution in [0.4, 0.5) is 5.95 Å². The maximum absolute atomic E-state index is 12.3. The second kappa shape index (κ2) is 6.70. The molecule has 0 spiro atoms. The third-order valence-corrected chi connectivity index (χ3v) is 3.47. The summed E-state index contributed by atoms with van der Waals surface area (Å²) in [6.45, 7) is 3.77. The number of aromatic nitrogens is 4. The van der Waals surface area contributed by atoms with Gasteiger partial charge in [-0.1, -0.05) is 5.10 Å². The minimum absolute atomic E-state index is 0.0812. The first-order valence-electron chi connectivity index (χ1n) is 6.11. The zero-order valence-corrected chi connectivity index (χ0v) is 13.8. The molecule has 0 atom stereocenters. The topological polar surface area (TPSA) is 102 Å². The zero-order valence-electron chi connectivity index (χ0n) is 11.7. The molecule has 2 aromatic rings. The van der Waals surface area contributed by atoms with Crippen LogP contribution in [-0.4, -0.2) is 39.7 Å². The Morgan fingerprint density at radius 3 is 2.76 bits per heavy atom.